The molecule has 31 heavy (non-hydrogen) atoms. The number of nitrogens with zero attached hydrogens (tertiary/aromatic N) is 1. The molecule has 1 amide bonds. The largest absolute Gasteiger partial charge is 0.492 e. The topological polar surface area (TPSA) is 87.7 Å². The molecular weight excluding hydrogens is 414 g/mol. The first-order chi connectivity index (χ1) is 14.9. The van der Waals surface area contributed by atoms with Crippen molar-refractivity contribution in [3.63, 3.8) is 0 Å². The number of hydrogen-bond acceptors (Lipinski definition) is 5. The minimum Gasteiger partial charge on any atom is -0.492 e. The molecule has 0 saturated carbocycles. The first-order valence-electron chi connectivity index (χ1n) is 10.8. The third-order valence-electron chi connectivity index (χ3n) is 5.32. The Labute approximate surface area is 184 Å². The van der Waals surface area contributed by atoms with Crippen molar-refractivity contribution in [2.75, 3.05) is 31.6 Å². The number of carbonyl (C=O) groups is 1. The molecule has 2 N–H and O–H groups in total. The van der Waals surface area contributed by atoms with E-state index in [0.29, 0.717) is 31.1 Å². The lowest BCUT2D eigenvalue weighted by molar-refractivity contribution is -0.120. The lowest BCUT2D eigenvalue weighted by Gasteiger charge is -2.26. The molecule has 168 valence electrons. The smallest absolute Gasteiger partial charge is 0.243 e. The van der Waals surface area contributed by atoms with Crippen molar-refractivity contribution in [3.8, 4) is 5.75 Å². The van der Waals surface area contributed by atoms with Gasteiger partial charge in [-0.2, -0.15) is 4.31 Å². The maximum absolute atomic E-state index is 13.0. The molecule has 0 spiro atoms. The molecule has 1 aliphatic rings. The van der Waals surface area contributed by atoms with Gasteiger partial charge in [0.2, 0.25) is 15.9 Å². The summed E-state index contributed by atoms with van der Waals surface area (Å²) >= 11 is 0. The fourth-order valence-corrected chi connectivity index (χ4v) is 5.18. The summed E-state index contributed by atoms with van der Waals surface area (Å²) in [6.45, 7) is 5.30. The maximum atomic E-state index is 13.0. The molecule has 8 heteroatoms. The lowest BCUT2D eigenvalue weighted by Crippen LogP contribution is -2.35. The molecule has 1 saturated heterocycles. The number of rotatable bonds is 9. The number of ether oxygens (including phenoxy) is 1. The van der Waals surface area contributed by atoms with Crippen molar-refractivity contribution in [2.45, 2.75) is 44.0 Å². The Balaban J connectivity index is 1.71. The number of amides is 1. The van der Waals surface area contributed by atoms with Crippen LogP contribution in [0.4, 0.5) is 5.69 Å². The van der Waals surface area contributed by atoms with E-state index in [4.69, 9.17) is 4.74 Å². The SMILES string of the molecule is CCOc1ccc(S(=O)(=O)N2CCCCC2)cc1NCC(=O)N[C@@H](C)c1ccccc1. The summed E-state index contributed by atoms with van der Waals surface area (Å²) in [7, 11) is -3.57. The van der Waals surface area contributed by atoms with Gasteiger partial charge in [0.1, 0.15) is 5.75 Å². The summed E-state index contributed by atoms with van der Waals surface area (Å²) < 4.78 is 33.2. The summed E-state index contributed by atoms with van der Waals surface area (Å²) in [4.78, 5) is 12.7. The zero-order valence-electron chi connectivity index (χ0n) is 18.1. The van der Waals surface area contributed by atoms with Crippen molar-refractivity contribution >= 4 is 21.6 Å². The van der Waals surface area contributed by atoms with Gasteiger partial charge in [0.05, 0.1) is 29.8 Å². The molecule has 1 aliphatic heterocycles. The first kappa shape index (κ1) is 23.1. The highest BCUT2D eigenvalue weighted by atomic mass is 32.2. The summed E-state index contributed by atoms with van der Waals surface area (Å²) in [5, 5.41) is 6.00. The number of carbonyl (C=O) groups excluding carboxylic acids is 1. The fraction of sp³-hybridized carbons (Fsp3) is 0.435. The van der Waals surface area contributed by atoms with Crippen molar-refractivity contribution in [3.05, 3.63) is 54.1 Å². The molecule has 1 fully saturated rings. The molecular formula is C23H31N3O4S. The number of benzene rings is 2. The van der Waals surface area contributed by atoms with Crippen molar-refractivity contribution < 1.29 is 17.9 Å². The second-order valence-electron chi connectivity index (χ2n) is 7.61. The Morgan fingerprint density at radius 1 is 1.10 bits per heavy atom. The summed E-state index contributed by atoms with van der Waals surface area (Å²) in [6.07, 6.45) is 2.81. The minimum atomic E-state index is -3.57. The fourth-order valence-electron chi connectivity index (χ4n) is 3.64. The zero-order valence-corrected chi connectivity index (χ0v) is 19.0. The molecule has 0 radical (unpaired) electrons. The van der Waals surface area contributed by atoms with Gasteiger partial charge in [-0.1, -0.05) is 36.8 Å². The van der Waals surface area contributed by atoms with Gasteiger partial charge < -0.3 is 15.4 Å². The van der Waals surface area contributed by atoms with Gasteiger partial charge >= 0.3 is 0 Å². The quantitative estimate of drug-likeness (QED) is 0.616. The molecule has 1 heterocycles. The number of anilines is 1. The van der Waals surface area contributed by atoms with Crippen LogP contribution in [0, 0.1) is 0 Å². The van der Waals surface area contributed by atoms with Crippen LogP contribution >= 0.6 is 0 Å². The normalized spacial score (nSPS) is 15.8. The van der Waals surface area contributed by atoms with E-state index in [1.54, 1.807) is 18.2 Å². The third kappa shape index (κ3) is 5.98. The van der Waals surface area contributed by atoms with Crippen LogP contribution < -0.4 is 15.4 Å². The minimum absolute atomic E-state index is 0.00443. The highest BCUT2D eigenvalue weighted by Crippen LogP contribution is 2.30. The van der Waals surface area contributed by atoms with Gasteiger partial charge in [-0.3, -0.25) is 4.79 Å². The summed E-state index contributed by atoms with van der Waals surface area (Å²) in [5.74, 6) is 0.326. The van der Waals surface area contributed by atoms with Gasteiger partial charge in [-0.05, 0) is 50.5 Å². The molecule has 0 aliphatic carbocycles. The lowest BCUT2D eigenvalue weighted by atomic mass is 10.1. The second-order valence-corrected chi connectivity index (χ2v) is 9.55. The van der Waals surface area contributed by atoms with E-state index >= 15 is 0 Å². The van der Waals surface area contributed by atoms with E-state index in [0.717, 1.165) is 24.8 Å². The predicted molar refractivity (Wildman–Crippen MR) is 122 cm³/mol. The number of hydrogen-bond donors (Lipinski definition) is 2. The van der Waals surface area contributed by atoms with Crippen LogP contribution in [0.1, 0.15) is 44.7 Å². The van der Waals surface area contributed by atoms with Crippen molar-refractivity contribution in [2.24, 2.45) is 0 Å². The highest BCUT2D eigenvalue weighted by Gasteiger charge is 2.26. The highest BCUT2D eigenvalue weighted by molar-refractivity contribution is 7.89. The van der Waals surface area contributed by atoms with Crippen LogP contribution in [0.15, 0.2) is 53.4 Å². The third-order valence-corrected chi connectivity index (χ3v) is 7.21. The van der Waals surface area contributed by atoms with Gasteiger partial charge in [-0.25, -0.2) is 8.42 Å². The Morgan fingerprint density at radius 2 is 1.81 bits per heavy atom. The Hall–Kier alpha value is -2.58. The predicted octanol–water partition coefficient (Wildman–Crippen LogP) is 3.55. The van der Waals surface area contributed by atoms with Crippen LogP contribution in [-0.4, -0.2) is 44.9 Å². The zero-order chi connectivity index (χ0) is 22.3. The van der Waals surface area contributed by atoms with E-state index in [9.17, 15) is 13.2 Å². The molecule has 2 aromatic rings. The van der Waals surface area contributed by atoms with Crippen LogP contribution in [0.3, 0.4) is 0 Å². The van der Waals surface area contributed by atoms with Gasteiger partial charge in [0.25, 0.3) is 0 Å². The van der Waals surface area contributed by atoms with E-state index in [2.05, 4.69) is 10.6 Å². The van der Waals surface area contributed by atoms with Gasteiger partial charge in [0.15, 0.2) is 0 Å². The monoisotopic (exact) mass is 445 g/mol. The number of sulfonamides is 1. The molecule has 2 aromatic carbocycles. The van der Waals surface area contributed by atoms with Crippen LogP contribution in [0.5, 0.6) is 5.75 Å². The molecule has 0 bridgehead atoms. The van der Waals surface area contributed by atoms with Crippen LogP contribution in [0.2, 0.25) is 0 Å². The second kappa shape index (κ2) is 10.6. The summed E-state index contributed by atoms with van der Waals surface area (Å²) in [5.41, 5.74) is 1.50. The van der Waals surface area contributed by atoms with Crippen LogP contribution in [-0.2, 0) is 14.8 Å². The Bertz CT molecular complexity index is 974. The maximum Gasteiger partial charge on any atom is 0.243 e. The van der Waals surface area contributed by atoms with Crippen LogP contribution in [0.25, 0.3) is 0 Å². The number of piperidine rings is 1. The van der Waals surface area contributed by atoms with E-state index in [1.807, 2.05) is 44.2 Å². The van der Waals surface area contributed by atoms with E-state index in [-0.39, 0.29) is 23.4 Å². The molecule has 7 nitrogen and oxygen atoms in total. The summed E-state index contributed by atoms with van der Waals surface area (Å²) in [6, 6.07) is 14.3. The Morgan fingerprint density at radius 3 is 2.48 bits per heavy atom. The molecule has 3 rings (SSSR count). The standard InChI is InChI=1S/C23H31N3O4S/c1-3-30-22-13-12-20(31(28,29)26-14-8-5-9-15-26)16-21(22)24-17-23(27)25-18(2)19-10-6-4-7-11-19/h4,6-7,10-13,16,18,24H,3,5,8-9,14-15,17H2,1-2H3,(H,25,27)/t18-/m0/s1. The van der Waals surface area contributed by atoms with E-state index in [1.165, 1.54) is 4.31 Å². The first-order valence-corrected chi connectivity index (χ1v) is 12.2. The number of nitrogens with one attached hydrogen (secondary N) is 2. The van der Waals surface area contributed by atoms with Crippen molar-refractivity contribution in [1.29, 1.82) is 0 Å². The van der Waals surface area contributed by atoms with Gasteiger partial charge in [0, 0.05) is 13.1 Å². The average Bonchev–Trinajstić information content (AvgIpc) is 2.79. The molecule has 0 unspecified atom stereocenters. The van der Waals surface area contributed by atoms with E-state index < -0.39 is 10.0 Å². The average molecular weight is 446 g/mol. The molecule has 1 atom stereocenters. The van der Waals surface area contributed by atoms with Crippen molar-refractivity contribution in [1.82, 2.24) is 9.62 Å². The Kier molecular flexibility index (Phi) is 7.92. The molecule has 0 aromatic heterocycles. The van der Waals surface area contributed by atoms with Gasteiger partial charge in [-0.15, -0.1) is 0 Å².